The van der Waals surface area contributed by atoms with E-state index in [-0.39, 0.29) is 23.0 Å². The molecule has 124 valence electrons. The van der Waals surface area contributed by atoms with Gasteiger partial charge >= 0.3 is 6.18 Å². The van der Waals surface area contributed by atoms with Crippen LogP contribution in [0.1, 0.15) is 11.3 Å². The summed E-state index contributed by atoms with van der Waals surface area (Å²) in [6, 6.07) is 4.06. The predicted molar refractivity (Wildman–Crippen MR) is 74.4 cm³/mol. The van der Waals surface area contributed by atoms with Gasteiger partial charge in [0.2, 0.25) is 5.82 Å². The van der Waals surface area contributed by atoms with E-state index in [2.05, 4.69) is 25.3 Å². The Hall–Kier alpha value is -2.66. The van der Waals surface area contributed by atoms with Crippen LogP contribution in [-0.4, -0.2) is 34.4 Å². The molecule has 0 fully saturated rings. The lowest BCUT2D eigenvalue weighted by Gasteiger charge is -2.07. The summed E-state index contributed by atoms with van der Waals surface area (Å²) in [5, 5.41) is 19.1. The van der Waals surface area contributed by atoms with E-state index in [0.29, 0.717) is 13.1 Å². The Labute approximate surface area is 128 Å². The van der Waals surface area contributed by atoms with Crippen LogP contribution < -0.4 is 16.5 Å². The second-order valence-corrected chi connectivity index (χ2v) is 4.29. The van der Waals surface area contributed by atoms with Crippen molar-refractivity contribution in [3.63, 3.8) is 0 Å². The van der Waals surface area contributed by atoms with Gasteiger partial charge in [-0.2, -0.15) is 13.2 Å². The average molecular weight is 330 g/mol. The molecule has 0 radical (unpaired) electrons. The third-order valence-corrected chi connectivity index (χ3v) is 2.69. The molecule has 0 spiro atoms. The van der Waals surface area contributed by atoms with Crippen molar-refractivity contribution in [2.75, 3.05) is 18.4 Å². The molecular weight excluding hydrogens is 317 g/mol. The molecule has 2 rings (SSSR count). The van der Waals surface area contributed by atoms with Crippen molar-refractivity contribution in [1.82, 2.24) is 15.8 Å². The van der Waals surface area contributed by atoms with Gasteiger partial charge in [-0.1, -0.05) is 0 Å². The van der Waals surface area contributed by atoms with E-state index in [4.69, 9.17) is 5.73 Å². The van der Waals surface area contributed by atoms with Crippen molar-refractivity contribution in [2.24, 2.45) is 10.7 Å². The van der Waals surface area contributed by atoms with E-state index in [9.17, 15) is 18.4 Å². The fraction of sp³-hybridized carbons (Fsp3) is 0.250. The Balaban J connectivity index is 2.27. The number of hydrogen-bond acceptors (Lipinski definition) is 7. The van der Waals surface area contributed by atoms with Crippen molar-refractivity contribution in [2.45, 2.75) is 6.18 Å². The number of halogens is 3. The number of aromatic nitrogens is 2. The van der Waals surface area contributed by atoms with Crippen LogP contribution in [0.5, 0.6) is 0 Å². The maximum absolute atomic E-state index is 12.5. The first-order chi connectivity index (χ1) is 11.0. The minimum Gasteiger partial charge on any atom is -0.364 e. The summed E-state index contributed by atoms with van der Waals surface area (Å²) in [6.07, 6.45) is -4.43. The number of rotatable bonds is 5. The van der Waals surface area contributed by atoms with Crippen molar-refractivity contribution < 1.29 is 23.0 Å². The number of benzene rings is 1. The van der Waals surface area contributed by atoms with Gasteiger partial charge in [0.1, 0.15) is 0 Å². The molecule has 11 heteroatoms. The quantitative estimate of drug-likeness (QED) is 0.372. The molecule has 0 amide bonds. The number of hydroxylamine groups is 1. The van der Waals surface area contributed by atoms with Crippen LogP contribution in [0.2, 0.25) is 0 Å². The summed E-state index contributed by atoms with van der Waals surface area (Å²) in [5.74, 6) is 0.0354. The molecule has 0 aliphatic heterocycles. The van der Waals surface area contributed by atoms with Gasteiger partial charge in [-0.3, -0.25) is 10.7 Å². The lowest BCUT2D eigenvalue weighted by Crippen LogP contribution is -2.23. The smallest absolute Gasteiger partial charge is 0.364 e. The highest BCUT2D eigenvalue weighted by molar-refractivity contribution is 6.01. The number of nitrogens with zero attached hydrogens (tertiary/aromatic N) is 3. The predicted octanol–water partition coefficient (Wildman–Crippen LogP) is 1.52. The Bertz CT molecular complexity index is 668. The summed E-state index contributed by atoms with van der Waals surface area (Å²) in [5.41, 5.74) is 6.58. The molecule has 2 aromatic rings. The van der Waals surface area contributed by atoms with Gasteiger partial charge in [0.15, 0.2) is 11.5 Å². The second kappa shape index (κ2) is 7.07. The maximum Gasteiger partial charge on any atom is 0.416 e. The summed E-state index contributed by atoms with van der Waals surface area (Å²) in [7, 11) is 0. The number of anilines is 1. The highest BCUT2D eigenvalue weighted by Gasteiger charge is 2.30. The molecule has 0 unspecified atom stereocenters. The Morgan fingerprint density at radius 1 is 1.26 bits per heavy atom. The van der Waals surface area contributed by atoms with Gasteiger partial charge < -0.3 is 11.1 Å². The maximum atomic E-state index is 12.5. The first kappa shape index (κ1) is 16.7. The molecule has 1 heterocycles. The van der Waals surface area contributed by atoms with Crippen LogP contribution in [0.25, 0.3) is 0 Å². The number of aliphatic imine (C=N–C) groups is 1. The normalized spacial score (nSPS) is 12.3. The minimum absolute atomic E-state index is 0.0563. The number of nitrogens with one attached hydrogen (secondary N) is 2. The van der Waals surface area contributed by atoms with Crippen molar-refractivity contribution in [3.05, 3.63) is 35.5 Å². The lowest BCUT2D eigenvalue weighted by atomic mass is 10.2. The van der Waals surface area contributed by atoms with E-state index in [1.165, 1.54) is 0 Å². The summed E-state index contributed by atoms with van der Waals surface area (Å²) in [6.45, 7) is 0.699. The Morgan fingerprint density at radius 2 is 1.96 bits per heavy atom. The van der Waals surface area contributed by atoms with Crippen molar-refractivity contribution >= 4 is 17.3 Å². The first-order valence-electron chi connectivity index (χ1n) is 6.38. The fourth-order valence-corrected chi connectivity index (χ4v) is 1.64. The summed E-state index contributed by atoms with van der Waals surface area (Å²) >= 11 is 0. The molecule has 0 aliphatic carbocycles. The van der Waals surface area contributed by atoms with Crippen molar-refractivity contribution in [3.8, 4) is 0 Å². The molecule has 1 aromatic heterocycles. The fourth-order valence-electron chi connectivity index (χ4n) is 1.64. The molecule has 5 N–H and O–H groups in total. The minimum atomic E-state index is -4.43. The molecule has 0 saturated heterocycles. The Morgan fingerprint density at radius 3 is 2.52 bits per heavy atom. The molecule has 0 atom stereocenters. The number of alkyl halides is 3. The molecule has 0 saturated carbocycles. The number of hydrogen-bond donors (Lipinski definition) is 4. The van der Waals surface area contributed by atoms with E-state index in [0.717, 1.165) is 24.3 Å². The zero-order valence-corrected chi connectivity index (χ0v) is 11.6. The zero-order chi connectivity index (χ0) is 16.9. The SMILES string of the molecule is NCCNc1nonc1C(=Nc1ccc(C(F)(F)F)cc1)NO. The average Bonchev–Trinajstić information content (AvgIpc) is 2.98. The zero-order valence-electron chi connectivity index (χ0n) is 11.6. The second-order valence-electron chi connectivity index (χ2n) is 4.29. The molecule has 0 aliphatic rings. The standard InChI is InChI=1S/C12H13F3N6O2/c13-12(14,15)7-1-3-8(4-2-7)18-11(19-22)9-10(17-6-5-16)21-23-20-9/h1-4,22H,5-6,16H2,(H,17,21)(H,18,19). The van der Waals surface area contributed by atoms with E-state index in [1.807, 2.05) is 5.48 Å². The highest BCUT2D eigenvalue weighted by Crippen LogP contribution is 2.30. The van der Waals surface area contributed by atoms with Gasteiger partial charge in [0, 0.05) is 13.1 Å². The summed E-state index contributed by atoms with van der Waals surface area (Å²) < 4.78 is 42.1. The van der Waals surface area contributed by atoms with Crippen LogP contribution in [0.3, 0.4) is 0 Å². The van der Waals surface area contributed by atoms with Crippen LogP contribution in [0, 0.1) is 0 Å². The van der Waals surface area contributed by atoms with E-state index < -0.39 is 11.7 Å². The highest BCUT2D eigenvalue weighted by atomic mass is 19.4. The van der Waals surface area contributed by atoms with Crippen LogP contribution in [0.15, 0.2) is 33.9 Å². The van der Waals surface area contributed by atoms with E-state index in [1.54, 1.807) is 0 Å². The van der Waals surface area contributed by atoms with Gasteiger partial charge in [0.25, 0.3) is 0 Å². The van der Waals surface area contributed by atoms with E-state index >= 15 is 0 Å². The third kappa shape index (κ3) is 4.17. The molecular formula is C12H13F3N6O2. The van der Waals surface area contributed by atoms with Gasteiger partial charge in [-0.05, 0) is 34.6 Å². The third-order valence-electron chi connectivity index (χ3n) is 2.69. The van der Waals surface area contributed by atoms with Crippen molar-refractivity contribution in [1.29, 1.82) is 0 Å². The van der Waals surface area contributed by atoms with Gasteiger partial charge in [-0.15, -0.1) is 0 Å². The van der Waals surface area contributed by atoms with Gasteiger partial charge in [0.05, 0.1) is 11.3 Å². The molecule has 1 aromatic carbocycles. The topological polar surface area (TPSA) is 122 Å². The summed E-state index contributed by atoms with van der Waals surface area (Å²) in [4.78, 5) is 3.97. The molecule has 23 heavy (non-hydrogen) atoms. The monoisotopic (exact) mass is 330 g/mol. The van der Waals surface area contributed by atoms with Crippen LogP contribution in [0.4, 0.5) is 24.7 Å². The number of nitrogens with two attached hydrogens (primary N) is 1. The Kier molecular flexibility index (Phi) is 5.13. The molecule has 8 nitrogen and oxygen atoms in total. The van der Waals surface area contributed by atoms with Crippen LogP contribution in [-0.2, 0) is 6.18 Å². The van der Waals surface area contributed by atoms with Gasteiger partial charge in [-0.25, -0.2) is 9.62 Å². The first-order valence-corrected chi connectivity index (χ1v) is 6.38. The lowest BCUT2D eigenvalue weighted by molar-refractivity contribution is -0.137. The number of amidine groups is 1. The largest absolute Gasteiger partial charge is 0.416 e. The van der Waals surface area contributed by atoms with Crippen LogP contribution >= 0.6 is 0 Å². The molecule has 0 bridgehead atoms.